The molecule has 4 nitrogen and oxygen atoms in total. The van der Waals surface area contributed by atoms with Gasteiger partial charge in [-0.05, 0) is 37.6 Å². The van der Waals surface area contributed by atoms with Crippen molar-refractivity contribution in [2.24, 2.45) is 4.99 Å². The number of para-hydroxylation sites is 1. The molecule has 2 aromatic carbocycles. The highest BCUT2D eigenvalue weighted by Crippen LogP contribution is 2.25. The summed E-state index contributed by atoms with van der Waals surface area (Å²) < 4.78 is 8.44. The lowest BCUT2D eigenvalue weighted by atomic mass is 10.1. The first-order chi connectivity index (χ1) is 12.1. The van der Waals surface area contributed by atoms with E-state index in [1.165, 1.54) is 11.3 Å². The molecule has 0 unspecified atom stereocenters. The number of hydrogen-bond acceptors (Lipinski definition) is 3. The van der Waals surface area contributed by atoms with Gasteiger partial charge in [-0.2, -0.15) is 4.99 Å². The number of amides is 1. The van der Waals surface area contributed by atoms with Crippen LogP contribution in [-0.2, 0) is 11.3 Å². The van der Waals surface area contributed by atoms with E-state index in [0.717, 1.165) is 15.8 Å². The summed E-state index contributed by atoms with van der Waals surface area (Å²) in [7, 11) is 0. The molecule has 1 aromatic heterocycles. The first-order valence-corrected chi connectivity index (χ1v) is 9.31. The fraction of sp³-hybridized carbons (Fsp3) is 0.263. The third-order valence-corrected chi connectivity index (χ3v) is 5.24. The Morgan fingerprint density at radius 2 is 2.04 bits per heavy atom. The largest absolute Gasteiger partial charge is 0.380 e. The predicted octanol–water partition coefficient (Wildman–Crippen LogP) is 4.44. The summed E-state index contributed by atoms with van der Waals surface area (Å²) in [6.45, 7) is 5.64. The summed E-state index contributed by atoms with van der Waals surface area (Å²) in [4.78, 5) is 17.7. The van der Waals surface area contributed by atoms with E-state index in [0.29, 0.717) is 35.1 Å². The van der Waals surface area contributed by atoms with Crippen LogP contribution in [0.15, 0.2) is 47.5 Å². The highest BCUT2D eigenvalue weighted by molar-refractivity contribution is 7.16. The number of ether oxygens (including phenoxy) is 1. The van der Waals surface area contributed by atoms with Gasteiger partial charge in [0.1, 0.15) is 0 Å². The molecule has 25 heavy (non-hydrogen) atoms. The Balaban J connectivity index is 2.11. The van der Waals surface area contributed by atoms with E-state index in [1.54, 1.807) is 6.07 Å². The van der Waals surface area contributed by atoms with Crippen LogP contribution in [0.25, 0.3) is 10.2 Å². The van der Waals surface area contributed by atoms with E-state index < -0.39 is 0 Å². The van der Waals surface area contributed by atoms with Crippen molar-refractivity contribution in [3.8, 4) is 0 Å². The molecule has 0 atom stereocenters. The van der Waals surface area contributed by atoms with Crippen molar-refractivity contribution in [3.05, 3.63) is 63.4 Å². The molecule has 0 N–H and O–H groups in total. The van der Waals surface area contributed by atoms with Crippen LogP contribution in [0.4, 0.5) is 0 Å². The van der Waals surface area contributed by atoms with E-state index >= 15 is 0 Å². The zero-order chi connectivity index (χ0) is 17.8. The minimum Gasteiger partial charge on any atom is -0.380 e. The van der Waals surface area contributed by atoms with Gasteiger partial charge < -0.3 is 9.30 Å². The van der Waals surface area contributed by atoms with Gasteiger partial charge in [0.05, 0.1) is 21.8 Å². The smallest absolute Gasteiger partial charge is 0.279 e. The summed E-state index contributed by atoms with van der Waals surface area (Å²) in [5, 5.41) is 0.648. The number of halogens is 1. The number of nitrogens with zero attached hydrogens (tertiary/aromatic N) is 2. The molecule has 0 spiro atoms. The van der Waals surface area contributed by atoms with Gasteiger partial charge in [-0.15, -0.1) is 0 Å². The van der Waals surface area contributed by atoms with E-state index in [-0.39, 0.29) is 5.91 Å². The second-order valence-electron chi connectivity index (χ2n) is 5.55. The third kappa shape index (κ3) is 3.84. The Kier molecular flexibility index (Phi) is 5.68. The molecule has 1 amide bonds. The lowest BCUT2D eigenvalue weighted by Crippen LogP contribution is -2.20. The molecule has 0 saturated carbocycles. The van der Waals surface area contributed by atoms with Gasteiger partial charge in [0.15, 0.2) is 4.80 Å². The lowest BCUT2D eigenvalue weighted by molar-refractivity contribution is 0.0996. The van der Waals surface area contributed by atoms with Crippen LogP contribution in [0.1, 0.15) is 22.8 Å². The van der Waals surface area contributed by atoms with Gasteiger partial charge in [-0.25, -0.2) is 0 Å². The maximum atomic E-state index is 12.6. The van der Waals surface area contributed by atoms with Crippen molar-refractivity contribution in [2.45, 2.75) is 20.4 Å². The molecule has 130 valence electrons. The van der Waals surface area contributed by atoms with Gasteiger partial charge in [-0.3, -0.25) is 4.79 Å². The molecule has 0 aliphatic heterocycles. The normalized spacial score (nSPS) is 12.0. The van der Waals surface area contributed by atoms with Gasteiger partial charge in [0, 0.05) is 18.7 Å². The molecule has 0 bridgehead atoms. The molecular weight excluding hydrogens is 356 g/mol. The molecule has 0 aliphatic rings. The van der Waals surface area contributed by atoms with Crippen LogP contribution in [0, 0.1) is 6.92 Å². The molecule has 0 fully saturated rings. The first-order valence-electron chi connectivity index (χ1n) is 8.12. The van der Waals surface area contributed by atoms with Crippen LogP contribution in [-0.4, -0.2) is 23.7 Å². The number of fused-ring (bicyclic) bond motifs is 1. The first kappa shape index (κ1) is 17.9. The van der Waals surface area contributed by atoms with Gasteiger partial charge in [0.2, 0.25) is 0 Å². The number of carbonyl (C=O) groups excluding carboxylic acids is 1. The van der Waals surface area contributed by atoms with Crippen molar-refractivity contribution < 1.29 is 9.53 Å². The Morgan fingerprint density at radius 1 is 1.24 bits per heavy atom. The summed E-state index contributed by atoms with van der Waals surface area (Å²) in [5.41, 5.74) is 2.42. The standard InChI is InChI=1S/C19H19ClN2O2S/c1-3-24-12-11-22-17-15(20)9-6-10-16(17)25-19(22)21-18(23)14-8-5-4-7-13(14)2/h4-10H,3,11-12H2,1-2H3. The highest BCUT2D eigenvalue weighted by Gasteiger charge is 2.12. The zero-order valence-corrected chi connectivity index (χ0v) is 15.7. The van der Waals surface area contributed by atoms with Crippen molar-refractivity contribution >= 4 is 39.1 Å². The minimum atomic E-state index is -0.245. The van der Waals surface area contributed by atoms with Gasteiger partial charge in [-0.1, -0.05) is 47.2 Å². The Labute approximate surface area is 155 Å². The fourth-order valence-corrected chi connectivity index (χ4v) is 4.05. The highest BCUT2D eigenvalue weighted by atomic mass is 35.5. The number of aryl methyl sites for hydroxylation is 1. The van der Waals surface area contributed by atoms with Crippen LogP contribution in [0.5, 0.6) is 0 Å². The average Bonchev–Trinajstić information content (AvgIpc) is 2.94. The molecule has 0 aliphatic carbocycles. The van der Waals surface area contributed by atoms with E-state index in [1.807, 2.05) is 54.8 Å². The van der Waals surface area contributed by atoms with E-state index in [9.17, 15) is 4.79 Å². The molecule has 0 radical (unpaired) electrons. The minimum absolute atomic E-state index is 0.245. The zero-order valence-electron chi connectivity index (χ0n) is 14.2. The van der Waals surface area contributed by atoms with E-state index in [4.69, 9.17) is 16.3 Å². The predicted molar refractivity (Wildman–Crippen MR) is 102 cm³/mol. The van der Waals surface area contributed by atoms with Crippen molar-refractivity contribution in [3.63, 3.8) is 0 Å². The van der Waals surface area contributed by atoms with Gasteiger partial charge in [0.25, 0.3) is 5.91 Å². The molecule has 6 heteroatoms. The summed E-state index contributed by atoms with van der Waals surface area (Å²) >= 11 is 7.85. The third-order valence-electron chi connectivity index (χ3n) is 3.89. The lowest BCUT2D eigenvalue weighted by Gasteiger charge is -2.06. The Hall–Kier alpha value is -1.95. The molecule has 3 rings (SSSR count). The maximum absolute atomic E-state index is 12.6. The second kappa shape index (κ2) is 7.95. The number of carbonyl (C=O) groups is 1. The van der Waals surface area contributed by atoms with Gasteiger partial charge >= 0.3 is 0 Å². The van der Waals surface area contributed by atoms with Crippen LogP contribution < -0.4 is 4.80 Å². The summed E-state index contributed by atoms with van der Waals surface area (Å²) in [5.74, 6) is -0.245. The quantitative estimate of drug-likeness (QED) is 0.619. The topological polar surface area (TPSA) is 43.6 Å². The van der Waals surface area contributed by atoms with E-state index in [2.05, 4.69) is 4.99 Å². The molecule has 1 heterocycles. The Bertz CT molecular complexity index is 975. The van der Waals surface area contributed by atoms with Crippen molar-refractivity contribution in [1.29, 1.82) is 0 Å². The van der Waals surface area contributed by atoms with Crippen LogP contribution >= 0.6 is 22.9 Å². The second-order valence-corrected chi connectivity index (χ2v) is 6.97. The Morgan fingerprint density at radius 3 is 2.80 bits per heavy atom. The number of rotatable bonds is 5. The fourth-order valence-electron chi connectivity index (χ4n) is 2.64. The maximum Gasteiger partial charge on any atom is 0.279 e. The number of thiazole rings is 1. The monoisotopic (exact) mass is 374 g/mol. The SMILES string of the molecule is CCOCCn1c(=NC(=O)c2ccccc2C)sc2cccc(Cl)c21. The molecule has 3 aromatic rings. The molecule has 0 saturated heterocycles. The van der Waals surface area contributed by atoms with Crippen LogP contribution in [0.2, 0.25) is 5.02 Å². The number of hydrogen-bond donors (Lipinski definition) is 0. The summed E-state index contributed by atoms with van der Waals surface area (Å²) in [6.07, 6.45) is 0. The number of benzene rings is 2. The van der Waals surface area contributed by atoms with Crippen LogP contribution in [0.3, 0.4) is 0 Å². The summed E-state index contributed by atoms with van der Waals surface area (Å²) in [6, 6.07) is 13.2. The average molecular weight is 375 g/mol. The molecular formula is C19H19ClN2O2S. The van der Waals surface area contributed by atoms with Crippen molar-refractivity contribution in [1.82, 2.24) is 4.57 Å². The number of aromatic nitrogens is 1. The van der Waals surface area contributed by atoms with Crippen molar-refractivity contribution in [2.75, 3.05) is 13.2 Å².